The zero-order valence-electron chi connectivity index (χ0n) is 23.1. The Labute approximate surface area is 246 Å². The average Bonchev–Trinajstić information content (AvgIpc) is 2.94. The molecule has 45 heavy (non-hydrogen) atoms. The van der Waals surface area contributed by atoms with Crippen molar-refractivity contribution in [2.45, 2.75) is 73.3 Å². The molecule has 0 aromatic carbocycles. The van der Waals surface area contributed by atoms with E-state index in [1.807, 2.05) is 0 Å². The van der Waals surface area contributed by atoms with Gasteiger partial charge in [-0.3, -0.25) is 0 Å². The van der Waals surface area contributed by atoms with E-state index < -0.39 is 106 Å². The van der Waals surface area contributed by atoms with Gasteiger partial charge in [0.05, 0.1) is 0 Å². The second kappa shape index (κ2) is 14.1. The fraction of sp³-hybridized carbons (Fsp3) is 0.696. The summed E-state index contributed by atoms with van der Waals surface area (Å²) >= 11 is 0. The lowest BCUT2D eigenvalue weighted by molar-refractivity contribution is -0.375. The molecule has 0 unspecified atom stereocenters. The van der Waals surface area contributed by atoms with Gasteiger partial charge in [0, 0.05) is 6.08 Å². The molecule has 0 heterocycles. The first-order valence-electron chi connectivity index (χ1n) is 12.0. The first kappa shape index (κ1) is 42.5. The number of hydrogen-bond acceptors (Lipinski definition) is 5. The Morgan fingerprint density at radius 3 is 1.11 bits per heavy atom. The SMILES string of the molecule is C=CC(=C)OCC(F)(F)C(F)(F)C(F)(F)C(F)(F)CO[Si](CC)(CC)OCC(F)(F)C(F)(F)C(F)(F)C(F)(F)COC(=O)C=C. The monoisotopic (exact) mass is 714 g/mol. The third-order valence-electron chi connectivity index (χ3n) is 5.97. The molecule has 0 atom stereocenters. The van der Waals surface area contributed by atoms with Crippen LogP contribution in [0, 0.1) is 0 Å². The molecule has 0 rings (SSSR count). The standard InChI is InChI=1S/C23H26F16O5Si/c1-6-14(5)41-10-16(24,25)20(32,33)22(36,37)18(28,29)12-43-45(8-3,9-4)44-13-19(30,31)23(38,39)21(34,35)17(26,27)11-42-15(40)7-2/h6-7H,1-2,5,8-13H2,3-4H3. The summed E-state index contributed by atoms with van der Waals surface area (Å²) in [6.07, 6.45) is 0.707. The zero-order valence-corrected chi connectivity index (χ0v) is 24.1. The van der Waals surface area contributed by atoms with E-state index in [0.29, 0.717) is 6.08 Å². The Kier molecular flexibility index (Phi) is 13.3. The Hall–Kier alpha value is -2.49. The Bertz CT molecular complexity index is 982. The predicted octanol–water partition coefficient (Wildman–Crippen LogP) is 8.03. The van der Waals surface area contributed by atoms with Crippen molar-refractivity contribution in [2.24, 2.45) is 0 Å². The van der Waals surface area contributed by atoms with Crippen molar-refractivity contribution in [1.29, 1.82) is 0 Å². The Morgan fingerprint density at radius 1 is 0.556 bits per heavy atom. The van der Waals surface area contributed by atoms with Crippen LogP contribution in [0.4, 0.5) is 70.2 Å². The Morgan fingerprint density at radius 2 is 0.844 bits per heavy atom. The first-order chi connectivity index (χ1) is 19.9. The van der Waals surface area contributed by atoms with Crippen molar-refractivity contribution >= 4 is 14.5 Å². The molecular weight excluding hydrogens is 688 g/mol. The molecule has 0 fully saturated rings. The molecule has 0 spiro atoms. The van der Waals surface area contributed by atoms with Crippen LogP contribution in [-0.4, -0.2) is 88.3 Å². The highest BCUT2D eigenvalue weighted by Crippen LogP contribution is 2.54. The lowest BCUT2D eigenvalue weighted by atomic mass is 9.99. The fourth-order valence-corrected chi connectivity index (χ4v) is 5.18. The molecule has 264 valence electrons. The molecule has 0 aliphatic heterocycles. The maximum atomic E-state index is 14.3. The van der Waals surface area contributed by atoms with Gasteiger partial charge in [-0.15, -0.1) is 0 Å². The van der Waals surface area contributed by atoms with E-state index in [1.165, 1.54) is 0 Å². The lowest BCUT2D eigenvalue weighted by Gasteiger charge is -2.39. The highest BCUT2D eigenvalue weighted by Gasteiger charge is 2.82. The van der Waals surface area contributed by atoms with Gasteiger partial charge < -0.3 is 18.3 Å². The summed E-state index contributed by atoms with van der Waals surface area (Å²) in [6, 6.07) is -1.89. The van der Waals surface area contributed by atoms with Crippen molar-refractivity contribution in [2.75, 3.05) is 26.4 Å². The topological polar surface area (TPSA) is 54.0 Å². The third kappa shape index (κ3) is 8.46. The van der Waals surface area contributed by atoms with Crippen LogP contribution in [0.25, 0.3) is 0 Å². The van der Waals surface area contributed by atoms with Crippen LogP contribution < -0.4 is 0 Å². The molecular formula is C23H26F16O5Si. The quantitative estimate of drug-likeness (QED) is 0.0301. The number of hydrogen-bond donors (Lipinski definition) is 0. The summed E-state index contributed by atoms with van der Waals surface area (Å²) in [5.41, 5.74) is 0. The number of alkyl halides is 16. The smallest absolute Gasteiger partial charge is 0.381 e. The highest BCUT2D eigenvalue weighted by molar-refractivity contribution is 6.67. The van der Waals surface area contributed by atoms with Crippen molar-refractivity contribution < 1.29 is 93.4 Å². The van der Waals surface area contributed by atoms with Gasteiger partial charge in [-0.05, 0) is 18.2 Å². The molecule has 0 saturated heterocycles. The van der Waals surface area contributed by atoms with Crippen LogP contribution in [-0.2, 0) is 23.1 Å². The molecule has 0 N–H and O–H groups in total. The van der Waals surface area contributed by atoms with Crippen LogP contribution in [0.2, 0.25) is 12.1 Å². The summed E-state index contributed by atoms with van der Waals surface area (Å²) in [5, 5.41) is 0. The van der Waals surface area contributed by atoms with Crippen LogP contribution in [0.3, 0.4) is 0 Å². The number of allylic oxidation sites excluding steroid dienone is 1. The van der Waals surface area contributed by atoms with E-state index in [-0.39, 0.29) is 6.08 Å². The summed E-state index contributed by atoms with van der Waals surface area (Å²) in [5.74, 6) is -55.4. The zero-order chi connectivity index (χ0) is 36.1. The highest BCUT2D eigenvalue weighted by atomic mass is 28.4. The van der Waals surface area contributed by atoms with Gasteiger partial charge >= 0.3 is 61.9 Å². The fourth-order valence-electron chi connectivity index (χ4n) is 2.89. The van der Waals surface area contributed by atoms with E-state index >= 15 is 0 Å². The van der Waals surface area contributed by atoms with Crippen molar-refractivity contribution in [1.82, 2.24) is 0 Å². The molecule has 0 aliphatic rings. The second-order valence-corrected chi connectivity index (χ2v) is 12.9. The minimum absolute atomic E-state index is 0.136. The van der Waals surface area contributed by atoms with Gasteiger partial charge in [0.2, 0.25) is 0 Å². The molecule has 0 bridgehead atoms. The summed E-state index contributed by atoms with van der Waals surface area (Å²) in [4.78, 5) is 10.8. The van der Waals surface area contributed by atoms with E-state index in [2.05, 4.69) is 38.1 Å². The molecule has 22 heteroatoms. The van der Waals surface area contributed by atoms with Gasteiger partial charge in [-0.2, -0.15) is 70.2 Å². The summed E-state index contributed by atoms with van der Waals surface area (Å²) in [6.45, 7) is -1.34. The van der Waals surface area contributed by atoms with Crippen LogP contribution in [0.5, 0.6) is 0 Å². The number of rotatable bonds is 21. The Balaban J connectivity index is 6.10. The largest absolute Gasteiger partial charge is 0.488 e. The van der Waals surface area contributed by atoms with Crippen molar-refractivity contribution in [3.05, 3.63) is 37.6 Å². The van der Waals surface area contributed by atoms with E-state index in [4.69, 9.17) is 0 Å². The molecule has 0 aromatic rings. The minimum Gasteiger partial charge on any atom is -0.488 e. The number of esters is 1. The van der Waals surface area contributed by atoms with E-state index in [0.717, 1.165) is 13.8 Å². The van der Waals surface area contributed by atoms with Gasteiger partial charge in [0.1, 0.15) is 19.0 Å². The first-order valence-corrected chi connectivity index (χ1v) is 14.2. The van der Waals surface area contributed by atoms with Gasteiger partial charge in [0.15, 0.2) is 13.2 Å². The summed E-state index contributed by atoms with van der Waals surface area (Å²) in [7, 11) is -5.02. The third-order valence-corrected chi connectivity index (χ3v) is 9.46. The van der Waals surface area contributed by atoms with Crippen molar-refractivity contribution in [3.63, 3.8) is 0 Å². The van der Waals surface area contributed by atoms with Crippen LogP contribution in [0.1, 0.15) is 13.8 Å². The minimum atomic E-state index is -7.05. The number of halogens is 16. The number of carbonyl (C=O) groups excluding carboxylic acids is 1. The van der Waals surface area contributed by atoms with E-state index in [1.54, 1.807) is 0 Å². The van der Waals surface area contributed by atoms with Crippen LogP contribution >= 0.6 is 0 Å². The normalized spacial score (nSPS) is 14.6. The van der Waals surface area contributed by atoms with Crippen LogP contribution in [0.15, 0.2) is 37.6 Å². The van der Waals surface area contributed by atoms with Gasteiger partial charge in [-0.25, -0.2) is 4.79 Å². The second-order valence-electron chi connectivity index (χ2n) is 9.08. The van der Waals surface area contributed by atoms with Crippen molar-refractivity contribution in [3.8, 4) is 0 Å². The average molecular weight is 715 g/mol. The maximum absolute atomic E-state index is 14.3. The predicted molar refractivity (Wildman–Crippen MR) is 125 cm³/mol. The van der Waals surface area contributed by atoms with Gasteiger partial charge in [-0.1, -0.05) is 33.6 Å². The lowest BCUT2D eigenvalue weighted by Crippen LogP contribution is -2.66. The number of carbonyl (C=O) groups is 1. The molecule has 0 amide bonds. The van der Waals surface area contributed by atoms with E-state index in [9.17, 15) is 75.0 Å². The molecule has 0 aliphatic carbocycles. The molecule has 0 saturated carbocycles. The summed E-state index contributed by atoms with van der Waals surface area (Å²) < 4.78 is 241. The molecule has 0 radical (unpaired) electrons. The maximum Gasteiger partial charge on any atom is 0.381 e. The molecule has 5 nitrogen and oxygen atoms in total. The van der Waals surface area contributed by atoms with Gasteiger partial charge in [0.25, 0.3) is 0 Å². The number of ether oxygens (including phenoxy) is 2. The molecule has 0 aromatic heterocycles.